The minimum absolute atomic E-state index is 0.0163. The van der Waals surface area contributed by atoms with Crippen LogP contribution in [-0.2, 0) is 9.59 Å². The Morgan fingerprint density at radius 3 is 2.38 bits per heavy atom. The van der Waals surface area contributed by atoms with Crippen molar-refractivity contribution in [1.29, 1.82) is 0 Å². The van der Waals surface area contributed by atoms with Gasteiger partial charge in [0.15, 0.2) is 6.04 Å². The zero-order valence-corrected chi connectivity index (χ0v) is 12.6. The lowest BCUT2D eigenvalue weighted by Gasteiger charge is -2.24. The Balaban J connectivity index is 2.61. The standard InChI is InChI=1S/C16H24N2O3/c1-16(2,10-11-17)9-8-13(19)18-14(15(20)21)12-6-4-3-5-7-12/h3-7,14H,8-11,17H2,1-2H3,(H,18,19)(H,20,21)/t14-/m1/s1. The summed E-state index contributed by atoms with van der Waals surface area (Å²) >= 11 is 0. The van der Waals surface area contributed by atoms with Gasteiger partial charge >= 0.3 is 5.97 Å². The maximum absolute atomic E-state index is 12.0. The van der Waals surface area contributed by atoms with Crippen molar-refractivity contribution >= 4 is 11.9 Å². The summed E-state index contributed by atoms with van der Waals surface area (Å²) < 4.78 is 0. The van der Waals surface area contributed by atoms with Crippen molar-refractivity contribution in [3.63, 3.8) is 0 Å². The normalized spacial score (nSPS) is 12.7. The van der Waals surface area contributed by atoms with Crippen LogP contribution in [0.15, 0.2) is 30.3 Å². The van der Waals surface area contributed by atoms with Crippen LogP contribution in [-0.4, -0.2) is 23.5 Å². The minimum Gasteiger partial charge on any atom is -0.479 e. The predicted octanol–water partition coefficient (Wildman–Crippen LogP) is 2.08. The summed E-state index contributed by atoms with van der Waals surface area (Å²) in [5.74, 6) is -1.31. The van der Waals surface area contributed by atoms with Crippen molar-refractivity contribution in [3.8, 4) is 0 Å². The fraction of sp³-hybridized carbons (Fsp3) is 0.500. The lowest BCUT2D eigenvalue weighted by molar-refractivity contribution is -0.142. The van der Waals surface area contributed by atoms with Crippen molar-refractivity contribution in [2.24, 2.45) is 11.1 Å². The third-order valence-corrected chi connectivity index (χ3v) is 3.54. The van der Waals surface area contributed by atoms with Crippen LogP contribution in [0, 0.1) is 5.41 Å². The number of benzene rings is 1. The Labute approximate surface area is 125 Å². The second kappa shape index (κ2) is 7.78. The Bertz CT molecular complexity index is 472. The molecule has 0 spiro atoms. The van der Waals surface area contributed by atoms with E-state index in [1.54, 1.807) is 30.3 Å². The molecule has 0 saturated carbocycles. The van der Waals surface area contributed by atoms with Gasteiger partial charge in [-0.1, -0.05) is 44.2 Å². The zero-order chi connectivity index (χ0) is 15.9. The molecule has 1 rings (SSSR count). The molecular formula is C16H24N2O3. The van der Waals surface area contributed by atoms with E-state index in [0.29, 0.717) is 24.9 Å². The van der Waals surface area contributed by atoms with Crippen molar-refractivity contribution < 1.29 is 14.7 Å². The van der Waals surface area contributed by atoms with E-state index in [9.17, 15) is 14.7 Å². The Hall–Kier alpha value is -1.88. The van der Waals surface area contributed by atoms with Crippen LogP contribution in [0.1, 0.15) is 44.7 Å². The molecule has 1 aromatic rings. The van der Waals surface area contributed by atoms with Crippen LogP contribution in [0.3, 0.4) is 0 Å². The maximum Gasteiger partial charge on any atom is 0.330 e. The quantitative estimate of drug-likeness (QED) is 0.684. The first kappa shape index (κ1) is 17.2. The van der Waals surface area contributed by atoms with E-state index in [1.807, 2.05) is 0 Å². The maximum atomic E-state index is 12.0. The fourth-order valence-electron chi connectivity index (χ4n) is 2.13. The molecule has 1 atom stereocenters. The number of carbonyl (C=O) groups is 2. The van der Waals surface area contributed by atoms with Crippen LogP contribution in [0.2, 0.25) is 0 Å². The van der Waals surface area contributed by atoms with Gasteiger partial charge in [0.25, 0.3) is 0 Å². The van der Waals surface area contributed by atoms with Gasteiger partial charge in [-0.15, -0.1) is 0 Å². The first-order valence-electron chi connectivity index (χ1n) is 7.13. The fourth-order valence-corrected chi connectivity index (χ4v) is 2.13. The van der Waals surface area contributed by atoms with Crippen molar-refractivity contribution in [2.45, 2.75) is 39.2 Å². The molecule has 1 aromatic carbocycles. The molecule has 0 bridgehead atoms. The molecule has 0 aliphatic carbocycles. The van der Waals surface area contributed by atoms with Crippen LogP contribution in [0.4, 0.5) is 0 Å². The van der Waals surface area contributed by atoms with Gasteiger partial charge in [0.1, 0.15) is 0 Å². The van der Waals surface area contributed by atoms with Gasteiger partial charge in [0.05, 0.1) is 0 Å². The molecule has 0 unspecified atom stereocenters. The highest BCUT2D eigenvalue weighted by atomic mass is 16.4. The molecule has 1 amide bonds. The molecule has 0 aliphatic heterocycles. The summed E-state index contributed by atoms with van der Waals surface area (Å²) in [5.41, 5.74) is 6.09. The monoisotopic (exact) mass is 292 g/mol. The molecule has 5 heteroatoms. The molecule has 0 heterocycles. The topological polar surface area (TPSA) is 92.4 Å². The highest BCUT2D eigenvalue weighted by molar-refractivity contribution is 5.84. The average Bonchev–Trinajstić information content (AvgIpc) is 2.43. The number of carbonyl (C=O) groups excluding carboxylic acids is 1. The Kier molecular flexibility index (Phi) is 6.37. The number of nitrogens with two attached hydrogens (primary N) is 1. The summed E-state index contributed by atoms with van der Waals surface area (Å²) in [5, 5.41) is 11.8. The minimum atomic E-state index is -1.06. The number of amides is 1. The zero-order valence-electron chi connectivity index (χ0n) is 12.6. The number of hydrogen-bond donors (Lipinski definition) is 3. The molecule has 5 nitrogen and oxygen atoms in total. The molecule has 0 fully saturated rings. The average molecular weight is 292 g/mol. The second-order valence-electron chi connectivity index (χ2n) is 5.95. The molecule has 0 saturated heterocycles. The molecule has 0 aliphatic rings. The smallest absolute Gasteiger partial charge is 0.330 e. The molecular weight excluding hydrogens is 268 g/mol. The van der Waals surface area contributed by atoms with Gasteiger partial charge in [-0.25, -0.2) is 4.79 Å². The van der Waals surface area contributed by atoms with Crippen molar-refractivity contribution in [2.75, 3.05) is 6.54 Å². The van der Waals surface area contributed by atoms with Gasteiger partial charge < -0.3 is 16.2 Å². The highest BCUT2D eigenvalue weighted by Crippen LogP contribution is 2.26. The van der Waals surface area contributed by atoms with E-state index in [4.69, 9.17) is 5.73 Å². The first-order chi connectivity index (χ1) is 9.85. The third kappa shape index (κ3) is 5.95. The number of aliphatic carboxylic acids is 1. The molecule has 4 N–H and O–H groups in total. The number of nitrogens with one attached hydrogen (secondary N) is 1. The first-order valence-corrected chi connectivity index (χ1v) is 7.13. The van der Waals surface area contributed by atoms with Crippen molar-refractivity contribution in [1.82, 2.24) is 5.32 Å². The van der Waals surface area contributed by atoms with Crippen LogP contribution >= 0.6 is 0 Å². The van der Waals surface area contributed by atoms with E-state index in [0.717, 1.165) is 6.42 Å². The Morgan fingerprint density at radius 2 is 1.86 bits per heavy atom. The summed E-state index contributed by atoms with van der Waals surface area (Å²) in [6.07, 6.45) is 1.81. The molecule has 21 heavy (non-hydrogen) atoms. The van der Waals surface area contributed by atoms with Crippen LogP contribution in [0.5, 0.6) is 0 Å². The summed E-state index contributed by atoms with van der Waals surface area (Å²) in [4.78, 5) is 23.3. The summed E-state index contributed by atoms with van der Waals surface area (Å²) in [6, 6.07) is 7.69. The van der Waals surface area contributed by atoms with Crippen molar-refractivity contribution in [3.05, 3.63) is 35.9 Å². The largest absolute Gasteiger partial charge is 0.479 e. The number of hydrogen-bond acceptors (Lipinski definition) is 3. The summed E-state index contributed by atoms with van der Waals surface area (Å²) in [7, 11) is 0. The molecule has 0 radical (unpaired) electrons. The third-order valence-electron chi connectivity index (χ3n) is 3.54. The van der Waals surface area contributed by atoms with Gasteiger partial charge in [-0.3, -0.25) is 4.79 Å². The van der Waals surface area contributed by atoms with E-state index >= 15 is 0 Å². The van der Waals surface area contributed by atoms with E-state index in [2.05, 4.69) is 19.2 Å². The number of carboxylic acids is 1. The number of rotatable bonds is 8. The van der Waals surface area contributed by atoms with E-state index in [-0.39, 0.29) is 11.3 Å². The van der Waals surface area contributed by atoms with Crippen LogP contribution in [0.25, 0.3) is 0 Å². The van der Waals surface area contributed by atoms with Crippen LogP contribution < -0.4 is 11.1 Å². The van der Waals surface area contributed by atoms with Gasteiger partial charge in [-0.05, 0) is 30.4 Å². The van der Waals surface area contributed by atoms with E-state index < -0.39 is 12.0 Å². The molecule has 116 valence electrons. The summed E-state index contributed by atoms with van der Waals surface area (Å²) in [6.45, 7) is 4.69. The molecule has 0 aromatic heterocycles. The lowest BCUT2D eigenvalue weighted by Crippen LogP contribution is -2.34. The highest BCUT2D eigenvalue weighted by Gasteiger charge is 2.23. The Morgan fingerprint density at radius 1 is 1.24 bits per heavy atom. The van der Waals surface area contributed by atoms with Gasteiger partial charge in [0.2, 0.25) is 5.91 Å². The second-order valence-corrected chi connectivity index (χ2v) is 5.95. The number of carboxylic acid groups (broad SMARTS) is 1. The lowest BCUT2D eigenvalue weighted by atomic mass is 9.84. The SMILES string of the molecule is CC(C)(CCN)CCC(=O)N[C@@H](C(=O)O)c1ccccc1. The predicted molar refractivity (Wildman–Crippen MR) is 81.6 cm³/mol. The van der Waals surface area contributed by atoms with E-state index in [1.165, 1.54) is 0 Å². The van der Waals surface area contributed by atoms with Gasteiger partial charge in [0, 0.05) is 6.42 Å². The van der Waals surface area contributed by atoms with Gasteiger partial charge in [-0.2, -0.15) is 0 Å².